The first-order valence-electron chi connectivity index (χ1n) is 11.8. The maximum absolute atomic E-state index is 13.1. The first-order chi connectivity index (χ1) is 17.0. The molecule has 3 rings (SSSR count). The van der Waals surface area contributed by atoms with E-state index in [1.54, 1.807) is 32.3 Å². The summed E-state index contributed by atoms with van der Waals surface area (Å²) in [5.74, 6) is -0.659. The number of nitrogens with zero attached hydrogens (tertiary/aromatic N) is 4. The molecule has 0 N–H and O–H groups in total. The molecule has 0 radical (unpaired) electrons. The van der Waals surface area contributed by atoms with Crippen LogP contribution < -0.4 is 0 Å². The Kier molecular flexibility index (Phi) is 8.24. The van der Waals surface area contributed by atoms with Crippen LogP contribution in [0.5, 0.6) is 0 Å². The number of hydrogen-bond acceptors (Lipinski definition) is 5. The van der Waals surface area contributed by atoms with Gasteiger partial charge in [0.1, 0.15) is 6.04 Å². The van der Waals surface area contributed by atoms with Crippen molar-refractivity contribution in [1.29, 1.82) is 0 Å². The third-order valence-electron chi connectivity index (χ3n) is 6.35. The molecule has 1 aliphatic rings. The van der Waals surface area contributed by atoms with Crippen molar-refractivity contribution in [3.05, 3.63) is 69.8 Å². The Labute approximate surface area is 211 Å². The average molecular weight is 493 g/mol. The van der Waals surface area contributed by atoms with Crippen LogP contribution in [0.15, 0.2) is 48.5 Å². The summed E-state index contributed by atoms with van der Waals surface area (Å²) in [6, 6.07) is 11.6. The van der Waals surface area contributed by atoms with Gasteiger partial charge in [-0.2, -0.15) is 0 Å². The van der Waals surface area contributed by atoms with E-state index < -0.39 is 11.0 Å². The molecule has 190 valence electrons. The molecule has 0 spiro atoms. The SMILES string of the molecule is CC(=O)N1CCN(C(=O)/C=C/c2cccc([N+](=O)[O-])c2-c2ccccc2C(C)C)CC1C(=O)N(C)C. The summed E-state index contributed by atoms with van der Waals surface area (Å²) in [6.07, 6.45) is 2.96. The number of carbonyl (C=O) groups excluding carboxylic acids is 3. The summed E-state index contributed by atoms with van der Waals surface area (Å²) >= 11 is 0. The second-order valence-electron chi connectivity index (χ2n) is 9.32. The Hall–Kier alpha value is -4.01. The Balaban J connectivity index is 1.96. The van der Waals surface area contributed by atoms with Crippen molar-refractivity contribution in [2.24, 2.45) is 0 Å². The molecule has 1 heterocycles. The lowest BCUT2D eigenvalue weighted by atomic mass is 9.89. The molecule has 1 unspecified atom stereocenters. The second-order valence-corrected chi connectivity index (χ2v) is 9.32. The number of amides is 3. The van der Waals surface area contributed by atoms with E-state index in [0.717, 1.165) is 11.1 Å². The fourth-order valence-electron chi connectivity index (χ4n) is 4.51. The number of benzene rings is 2. The number of nitro groups is 1. The predicted octanol–water partition coefficient (Wildman–Crippen LogP) is 3.55. The van der Waals surface area contributed by atoms with Crippen LogP contribution in [0.25, 0.3) is 17.2 Å². The van der Waals surface area contributed by atoms with Crippen molar-refractivity contribution in [3.8, 4) is 11.1 Å². The van der Waals surface area contributed by atoms with E-state index in [9.17, 15) is 24.5 Å². The average Bonchev–Trinajstić information content (AvgIpc) is 2.85. The molecule has 0 aromatic heterocycles. The number of piperazine rings is 1. The molecule has 1 atom stereocenters. The lowest BCUT2D eigenvalue weighted by Crippen LogP contribution is -2.60. The minimum Gasteiger partial charge on any atom is -0.347 e. The Morgan fingerprint density at radius 1 is 1.08 bits per heavy atom. The molecule has 1 fully saturated rings. The van der Waals surface area contributed by atoms with Gasteiger partial charge in [-0.05, 0) is 28.7 Å². The van der Waals surface area contributed by atoms with Crippen LogP contribution in [0.1, 0.15) is 37.8 Å². The molecule has 2 aromatic rings. The van der Waals surface area contributed by atoms with Gasteiger partial charge < -0.3 is 14.7 Å². The zero-order valence-corrected chi connectivity index (χ0v) is 21.3. The topological polar surface area (TPSA) is 104 Å². The summed E-state index contributed by atoms with van der Waals surface area (Å²) in [6.45, 7) is 6.09. The lowest BCUT2D eigenvalue weighted by molar-refractivity contribution is -0.384. The molecule has 9 heteroatoms. The molecule has 0 aliphatic carbocycles. The van der Waals surface area contributed by atoms with E-state index in [2.05, 4.69) is 0 Å². The Bertz CT molecular complexity index is 1200. The van der Waals surface area contributed by atoms with Crippen LogP contribution in [-0.4, -0.2) is 77.1 Å². The number of likely N-dealkylation sites (N-methyl/N-ethyl adjacent to an activating group) is 1. The molecular formula is C27H32N4O5. The fourth-order valence-corrected chi connectivity index (χ4v) is 4.51. The van der Waals surface area contributed by atoms with Gasteiger partial charge in [0.2, 0.25) is 17.7 Å². The van der Waals surface area contributed by atoms with Crippen molar-refractivity contribution in [1.82, 2.24) is 14.7 Å². The van der Waals surface area contributed by atoms with Gasteiger partial charge in [0.15, 0.2) is 0 Å². The Morgan fingerprint density at radius 3 is 2.39 bits per heavy atom. The fraction of sp³-hybridized carbons (Fsp3) is 0.370. The summed E-state index contributed by atoms with van der Waals surface area (Å²) < 4.78 is 0. The van der Waals surface area contributed by atoms with Gasteiger partial charge in [-0.15, -0.1) is 0 Å². The van der Waals surface area contributed by atoms with Gasteiger partial charge >= 0.3 is 0 Å². The zero-order valence-electron chi connectivity index (χ0n) is 21.3. The summed E-state index contributed by atoms with van der Waals surface area (Å²) in [4.78, 5) is 53.7. The molecule has 2 aromatic carbocycles. The standard InChI is InChI=1S/C27H32N4O5/c1-18(2)21-10-6-7-11-22(21)26-20(9-8-12-23(26)31(35)36)13-14-25(33)29-15-16-30(19(3)32)24(17-29)27(34)28(4)5/h6-14,18,24H,15-17H2,1-5H3/b14-13+. The third-order valence-corrected chi connectivity index (χ3v) is 6.35. The Morgan fingerprint density at radius 2 is 1.78 bits per heavy atom. The van der Waals surface area contributed by atoms with Crippen LogP contribution in [0.4, 0.5) is 5.69 Å². The smallest absolute Gasteiger partial charge is 0.277 e. The number of rotatable bonds is 6. The van der Waals surface area contributed by atoms with Gasteiger partial charge in [0.05, 0.1) is 17.0 Å². The molecule has 1 saturated heterocycles. The van der Waals surface area contributed by atoms with Crippen molar-refractivity contribution in [3.63, 3.8) is 0 Å². The van der Waals surface area contributed by atoms with E-state index >= 15 is 0 Å². The van der Waals surface area contributed by atoms with E-state index in [-0.39, 0.29) is 49.0 Å². The molecule has 0 saturated carbocycles. The van der Waals surface area contributed by atoms with Crippen molar-refractivity contribution in [2.45, 2.75) is 32.7 Å². The predicted molar refractivity (Wildman–Crippen MR) is 138 cm³/mol. The zero-order chi connectivity index (χ0) is 26.6. The van der Waals surface area contributed by atoms with Crippen molar-refractivity contribution >= 4 is 29.5 Å². The largest absolute Gasteiger partial charge is 0.347 e. The highest BCUT2D eigenvalue weighted by atomic mass is 16.6. The molecule has 3 amide bonds. The first kappa shape index (κ1) is 26.6. The molecule has 0 bridgehead atoms. The van der Waals surface area contributed by atoms with E-state index in [1.165, 1.54) is 33.8 Å². The lowest BCUT2D eigenvalue weighted by Gasteiger charge is -2.40. The van der Waals surface area contributed by atoms with Gasteiger partial charge in [0, 0.05) is 46.3 Å². The minimum atomic E-state index is -0.755. The van der Waals surface area contributed by atoms with Gasteiger partial charge in [-0.1, -0.05) is 50.2 Å². The van der Waals surface area contributed by atoms with Crippen LogP contribution in [0.3, 0.4) is 0 Å². The van der Waals surface area contributed by atoms with Crippen LogP contribution in [0, 0.1) is 10.1 Å². The highest BCUT2D eigenvalue weighted by Crippen LogP contribution is 2.38. The highest BCUT2D eigenvalue weighted by Gasteiger charge is 2.36. The van der Waals surface area contributed by atoms with Crippen LogP contribution >= 0.6 is 0 Å². The third kappa shape index (κ3) is 5.62. The quantitative estimate of drug-likeness (QED) is 0.349. The summed E-state index contributed by atoms with van der Waals surface area (Å²) in [7, 11) is 3.22. The van der Waals surface area contributed by atoms with E-state index in [4.69, 9.17) is 0 Å². The number of hydrogen-bond donors (Lipinski definition) is 0. The van der Waals surface area contributed by atoms with E-state index in [0.29, 0.717) is 11.1 Å². The maximum Gasteiger partial charge on any atom is 0.277 e. The number of carbonyl (C=O) groups is 3. The molecular weight excluding hydrogens is 460 g/mol. The van der Waals surface area contributed by atoms with Gasteiger partial charge in [-0.25, -0.2) is 0 Å². The maximum atomic E-state index is 13.1. The van der Waals surface area contributed by atoms with Crippen molar-refractivity contribution < 1.29 is 19.3 Å². The normalized spacial score (nSPS) is 15.9. The van der Waals surface area contributed by atoms with Crippen molar-refractivity contribution in [2.75, 3.05) is 33.7 Å². The highest BCUT2D eigenvalue weighted by molar-refractivity contribution is 5.95. The summed E-state index contributed by atoms with van der Waals surface area (Å²) in [5, 5.41) is 11.9. The molecule has 9 nitrogen and oxygen atoms in total. The monoisotopic (exact) mass is 492 g/mol. The number of nitro benzene ring substituents is 1. The van der Waals surface area contributed by atoms with Gasteiger partial charge in [-0.3, -0.25) is 24.5 Å². The second kappa shape index (κ2) is 11.2. The van der Waals surface area contributed by atoms with Crippen LogP contribution in [-0.2, 0) is 14.4 Å². The summed E-state index contributed by atoms with van der Waals surface area (Å²) in [5.41, 5.74) is 2.69. The van der Waals surface area contributed by atoms with E-state index in [1.807, 2.05) is 38.1 Å². The van der Waals surface area contributed by atoms with Gasteiger partial charge in [0.25, 0.3) is 5.69 Å². The minimum absolute atomic E-state index is 0.0376. The molecule has 1 aliphatic heterocycles. The van der Waals surface area contributed by atoms with Crippen LogP contribution in [0.2, 0.25) is 0 Å². The molecule has 36 heavy (non-hydrogen) atoms. The first-order valence-corrected chi connectivity index (χ1v) is 11.8.